The molecule has 4 heteroatoms. The lowest BCUT2D eigenvalue weighted by atomic mass is 10.3. The van der Waals surface area contributed by atoms with Crippen molar-refractivity contribution in [3.63, 3.8) is 0 Å². The highest BCUT2D eigenvalue weighted by Gasteiger charge is 2.13. The average molecular weight is 190 g/mol. The second-order valence-corrected chi connectivity index (χ2v) is 3.66. The van der Waals surface area contributed by atoms with Gasteiger partial charge in [0.25, 0.3) is 5.82 Å². The number of thiazole rings is 1. The number of nitrogens with two attached hydrogens (primary N) is 1. The van der Waals surface area contributed by atoms with E-state index in [1.54, 1.807) is 0 Å². The number of nitrogen functional groups attached to an aromatic ring is 1. The fraction of sp³-hybridized carbons (Fsp3) is 0.111. The Hall–Kier alpha value is -1.60. The van der Waals surface area contributed by atoms with E-state index in [9.17, 15) is 0 Å². The maximum Gasteiger partial charge on any atom is 0.288 e. The molecule has 2 aromatic rings. The van der Waals surface area contributed by atoms with Crippen LogP contribution >= 0.6 is 11.3 Å². The molecule has 0 radical (unpaired) electrons. The molecule has 0 unspecified atom stereocenters. The number of hydrogen-bond donors (Lipinski definition) is 1. The topological polar surface area (TPSA) is 53.9 Å². The third-order valence-corrected chi connectivity index (χ3v) is 2.93. The number of aryl methyl sites for hydroxylation is 1. The van der Waals surface area contributed by atoms with Crippen molar-refractivity contribution in [2.45, 2.75) is 6.92 Å². The van der Waals surface area contributed by atoms with Crippen LogP contribution in [-0.2, 0) is 0 Å². The minimum absolute atomic E-state index is 0.673. The van der Waals surface area contributed by atoms with E-state index in [2.05, 4.69) is 6.07 Å². The van der Waals surface area contributed by atoms with E-state index in [-0.39, 0.29) is 0 Å². The summed E-state index contributed by atoms with van der Waals surface area (Å²) < 4.78 is 1.89. The highest BCUT2D eigenvalue weighted by atomic mass is 32.1. The number of fused-ring (bicyclic) bond motifs is 1. The first-order chi connectivity index (χ1) is 6.24. The molecule has 64 valence electrons. The van der Waals surface area contributed by atoms with Gasteiger partial charge in [0.15, 0.2) is 0 Å². The molecule has 0 aliphatic rings. The number of hydrogen-bond acceptors (Lipinski definition) is 3. The van der Waals surface area contributed by atoms with Gasteiger partial charge in [-0.3, -0.25) is 5.73 Å². The van der Waals surface area contributed by atoms with E-state index in [1.807, 2.05) is 28.8 Å². The fourth-order valence-corrected chi connectivity index (χ4v) is 2.25. The smallest absolute Gasteiger partial charge is 0.286 e. The molecule has 0 fully saturated rings. The molecule has 0 aliphatic carbocycles. The van der Waals surface area contributed by atoms with E-state index in [4.69, 9.17) is 11.0 Å². The maximum atomic E-state index is 8.84. The minimum atomic E-state index is 0.673. The van der Waals surface area contributed by atoms with E-state index in [0.29, 0.717) is 11.4 Å². The molecule has 0 saturated carbocycles. The van der Waals surface area contributed by atoms with Gasteiger partial charge in [0, 0.05) is 0 Å². The third-order valence-electron chi connectivity index (χ3n) is 1.95. The molecule has 2 heterocycles. The number of aromatic nitrogens is 1. The van der Waals surface area contributed by atoms with Crippen molar-refractivity contribution >= 4 is 22.0 Å². The van der Waals surface area contributed by atoms with Crippen LogP contribution in [0.4, 0.5) is 5.82 Å². The number of nitrogens with zero attached hydrogens (tertiary/aromatic N) is 2. The lowest BCUT2D eigenvalue weighted by Crippen LogP contribution is -2.27. The van der Waals surface area contributed by atoms with Gasteiger partial charge in [0.1, 0.15) is 17.3 Å². The molecule has 0 spiro atoms. The predicted octanol–water partition coefficient (Wildman–Crippen LogP) is 1.25. The zero-order valence-corrected chi connectivity index (χ0v) is 7.93. The normalized spacial score (nSPS) is 10.2. The quantitative estimate of drug-likeness (QED) is 0.635. The van der Waals surface area contributed by atoms with Gasteiger partial charge in [-0.15, -0.1) is 0 Å². The Morgan fingerprint density at radius 2 is 2.31 bits per heavy atom. The van der Waals surface area contributed by atoms with E-state index in [1.165, 1.54) is 11.3 Å². The van der Waals surface area contributed by atoms with Crippen LogP contribution in [0.2, 0.25) is 0 Å². The van der Waals surface area contributed by atoms with Gasteiger partial charge in [-0.1, -0.05) is 11.3 Å². The van der Waals surface area contributed by atoms with Crippen LogP contribution in [0.5, 0.6) is 0 Å². The van der Waals surface area contributed by atoms with Crippen molar-refractivity contribution in [1.82, 2.24) is 0 Å². The molecule has 2 rings (SSSR count). The molecule has 0 amide bonds. The first kappa shape index (κ1) is 8.02. The Morgan fingerprint density at radius 3 is 3.00 bits per heavy atom. The highest BCUT2D eigenvalue weighted by Crippen LogP contribution is 2.16. The Balaban J connectivity index is 2.97. The molecular formula is C9H8N3S+. The van der Waals surface area contributed by atoms with Gasteiger partial charge >= 0.3 is 0 Å². The lowest BCUT2D eigenvalue weighted by molar-refractivity contribution is -0.499. The molecule has 2 N–H and O–H groups in total. The Morgan fingerprint density at radius 1 is 1.54 bits per heavy atom. The summed E-state index contributed by atoms with van der Waals surface area (Å²) >= 11 is 1.49. The minimum Gasteiger partial charge on any atom is -0.286 e. The van der Waals surface area contributed by atoms with Crippen LogP contribution in [0.3, 0.4) is 0 Å². The van der Waals surface area contributed by atoms with Crippen LogP contribution in [-0.4, -0.2) is 0 Å². The average Bonchev–Trinajstić information content (AvgIpc) is 2.50. The fourth-order valence-electron chi connectivity index (χ4n) is 1.32. The molecule has 0 atom stereocenters. The van der Waals surface area contributed by atoms with E-state index in [0.717, 1.165) is 10.5 Å². The van der Waals surface area contributed by atoms with Gasteiger partial charge in [-0.25, -0.2) is 0 Å². The van der Waals surface area contributed by atoms with Gasteiger partial charge < -0.3 is 0 Å². The number of nitriles is 1. The Bertz CT molecular complexity index is 507. The Kier molecular flexibility index (Phi) is 1.67. The van der Waals surface area contributed by atoms with Gasteiger partial charge in [-0.05, 0) is 19.1 Å². The van der Waals surface area contributed by atoms with Crippen LogP contribution in [0, 0.1) is 18.3 Å². The van der Waals surface area contributed by atoms with Crippen molar-refractivity contribution in [3.05, 3.63) is 28.8 Å². The van der Waals surface area contributed by atoms with Gasteiger partial charge in [0.2, 0.25) is 4.83 Å². The third kappa shape index (κ3) is 1.05. The first-order valence-electron chi connectivity index (χ1n) is 3.82. The molecule has 0 saturated heterocycles. The zero-order chi connectivity index (χ0) is 9.42. The standard InChI is InChI=1S/C9H8N3S/c1-6-2-3-7(4-10)9-12(6)8(11)5-13-9/h2-3,5H,11H2,1H3/q+1. The summed E-state index contributed by atoms with van der Waals surface area (Å²) in [6, 6.07) is 5.86. The first-order valence-corrected chi connectivity index (χ1v) is 4.70. The summed E-state index contributed by atoms with van der Waals surface area (Å²) in [6.07, 6.45) is 0. The summed E-state index contributed by atoms with van der Waals surface area (Å²) in [5.41, 5.74) is 7.49. The summed E-state index contributed by atoms with van der Waals surface area (Å²) in [4.78, 5) is 0.917. The monoisotopic (exact) mass is 190 g/mol. The van der Waals surface area contributed by atoms with Gasteiger partial charge in [0.05, 0.1) is 5.38 Å². The lowest BCUT2D eigenvalue weighted by Gasteiger charge is -1.94. The van der Waals surface area contributed by atoms with Crippen molar-refractivity contribution in [2.24, 2.45) is 0 Å². The maximum absolute atomic E-state index is 8.84. The SMILES string of the molecule is Cc1ccc(C#N)c2scc(N)[n+]12. The summed E-state index contributed by atoms with van der Waals surface area (Å²) in [7, 11) is 0. The van der Waals surface area contributed by atoms with Crippen molar-refractivity contribution in [1.29, 1.82) is 5.26 Å². The molecule has 2 aromatic heterocycles. The molecule has 0 bridgehead atoms. The van der Waals surface area contributed by atoms with Crippen molar-refractivity contribution in [2.75, 3.05) is 5.73 Å². The van der Waals surface area contributed by atoms with Crippen molar-refractivity contribution in [3.8, 4) is 6.07 Å². The van der Waals surface area contributed by atoms with Gasteiger partial charge in [-0.2, -0.15) is 9.66 Å². The highest BCUT2D eigenvalue weighted by molar-refractivity contribution is 7.15. The van der Waals surface area contributed by atoms with Crippen LogP contribution in [0.1, 0.15) is 11.3 Å². The van der Waals surface area contributed by atoms with E-state index < -0.39 is 0 Å². The molecule has 0 aromatic carbocycles. The zero-order valence-electron chi connectivity index (χ0n) is 7.11. The molecule has 0 aliphatic heterocycles. The molecule has 3 nitrogen and oxygen atoms in total. The Labute approximate surface area is 79.7 Å². The summed E-state index contributed by atoms with van der Waals surface area (Å²) in [6.45, 7) is 1.97. The largest absolute Gasteiger partial charge is 0.288 e. The number of pyridine rings is 1. The number of rotatable bonds is 0. The van der Waals surface area contributed by atoms with E-state index >= 15 is 0 Å². The van der Waals surface area contributed by atoms with Crippen LogP contribution in [0.25, 0.3) is 4.83 Å². The summed E-state index contributed by atoms with van der Waals surface area (Å²) in [5, 5.41) is 10.7. The molecule has 13 heavy (non-hydrogen) atoms. The van der Waals surface area contributed by atoms with Crippen LogP contribution in [0.15, 0.2) is 17.5 Å². The van der Waals surface area contributed by atoms with Crippen LogP contribution < -0.4 is 10.1 Å². The second kappa shape index (κ2) is 2.71. The van der Waals surface area contributed by atoms with Crippen molar-refractivity contribution < 1.29 is 4.40 Å². The predicted molar refractivity (Wildman–Crippen MR) is 51.3 cm³/mol. The number of anilines is 1. The summed E-state index contributed by atoms with van der Waals surface area (Å²) in [5.74, 6) is 0.689. The second-order valence-electron chi connectivity index (χ2n) is 2.80. The molecular weight excluding hydrogens is 182 g/mol.